The fraction of sp³-hybridized carbons (Fsp3) is 0.214. The quantitative estimate of drug-likeness (QED) is 0.671. The Hall–Kier alpha value is -0.560. The first-order valence-electron chi connectivity index (χ1n) is 6.20. The van der Waals surface area contributed by atoms with E-state index in [4.69, 9.17) is 16.3 Å². The van der Waals surface area contributed by atoms with Crippen LogP contribution in [0.1, 0.15) is 26.2 Å². The van der Waals surface area contributed by atoms with Gasteiger partial charge in [-0.15, -0.1) is 22.9 Å². The number of amides is 1. The van der Waals surface area contributed by atoms with Crippen molar-refractivity contribution >= 4 is 60.7 Å². The minimum absolute atomic E-state index is 0.123. The van der Waals surface area contributed by atoms with Crippen molar-refractivity contribution in [3.05, 3.63) is 48.5 Å². The summed E-state index contributed by atoms with van der Waals surface area (Å²) in [7, 11) is 0. The number of fused-ring (bicyclic) bond motifs is 1. The molecule has 0 saturated heterocycles. The number of nitrogens with one attached hydrogen (secondary N) is 1. The number of thiophene rings is 1. The molecule has 0 fully saturated rings. The fourth-order valence-electron chi connectivity index (χ4n) is 2.08. The summed E-state index contributed by atoms with van der Waals surface area (Å²) in [6, 6.07) is 7.49. The Bertz CT molecular complexity index is 685. The molecule has 1 aliphatic rings. The molecule has 0 radical (unpaired) electrons. The molecule has 0 bridgehead atoms. The Kier molecular flexibility index (Phi) is 4.59. The van der Waals surface area contributed by atoms with Gasteiger partial charge in [0.05, 0.1) is 21.3 Å². The van der Waals surface area contributed by atoms with E-state index in [-0.39, 0.29) is 11.3 Å². The van der Waals surface area contributed by atoms with E-state index >= 15 is 0 Å². The molecule has 1 atom stereocenters. The number of alkyl halides is 1. The first kappa shape index (κ1) is 15.3. The van der Waals surface area contributed by atoms with E-state index in [0.29, 0.717) is 24.5 Å². The first-order valence-corrected chi connectivity index (χ1v) is 9.04. The molecule has 0 saturated carbocycles. The van der Waals surface area contributed by atoms with Crippen LogP contribution >= 0.6 is 54.8 Å². The van der Waals surface area contributed by atoms with Gasteiger partial charge in [-0.25, -0.2) is 0 Å². The molecule has 110 valence electrons. The number of carbonyl (C=O) groups is 1. The Balaban J connectivity index is 1.97. The number of hydrogen-bond donors (Lipinski definition) is 1. The molecule has 3 nitrogen and oxygen atoms in total. The van der Waals surface area contributed by atoms with Crippen molar-refractivity contribution < 1.29 is 9.53 Å². The summed E-state index contributed by atoms with van der Waals surface area (Å²) in [5, 5.41) is 2.49. The Labute approximate surface area is 147 Å². The molecular weight excluding hydrogens is 441 g/mol. The van der Waals surface area contributed by atoms with E-state index in [0.717, 1.165) is 18.7 Å². The van der Waals surface area contributed by atoms with E-state index in [9.17, 15) is 4.79 Å². The van der Waals surface area contributed by atoms with E-state index in [1.807, 2.05) is 18.2 Å². The van der Waals surface area contributed by atoms with Crippen LogP contribution in [0.15, 0.2) is 32.5 Å². The van der Waals surface area contributed by atoms with Gasteiger partial charge >= 0.3 is 0 Å². The van der Waals surface area contributed by atoms with Crippen molar-refractivity contribution in [2.45, 2.75) is 5.38 Å². The summed E-state index contributed by atoms with van der Waals surface area (Å²) in [6.07, 6.45) is 0. The second-order valence-corrected chi connectivity index (χ2v) is 8.19. The number of rotatable bonds is 2. The van der Waals surface area contributed by atoms with Gasteiger partial charge in [0.25, 0.3) is 5.91 Å². The van der Waals surface area contributed by atoms with Gasteiger partial charge in [0.2, 0.25) is 0 Å². The van der Waals surface area contributed by atoms with E-state index in [2.05, 4.69) is 37.2 Å². The SMILES string of the molecule is O=C1NCCOc2ccc(C(Cl)c3cc(Br)c(Br)s3)cc21. The van der Waals surface area contributed by atoms with Crippen molar-refractivity contribution in [1.29, 1.82) is 0 Å². The van der Waals surface area contributed by atoms with Crippen LogP contribution in [0.5, 0.6) is 5.75 Å². The Morgan fingerprint density at radius 1 is 1.33 bits per heavy atom. The third-order valence-corrected chi connectivity index (χ3v) is 7.04. The summed E-state index contributed by atoms with van der Waals surface area (Å²) in [4.78, 5) is 13.0. The van der Waals surface area contributed by atoms with Crippen LogP contribution in [0.2, 0.25) is 0 Å². The lowest BCUT2D eigenvalue weighted by Crippen LogP contribution is -2.24. The zero-order valence-corrected chi connectivity index (χ0v) is 15.4. The fourth-order valence-corrected chi connectivity index (χ4v) is 4.51. The number of hydrogen-bond acceptors (Lipinski definition) is 3. The average molecular weight is 452 g/mol. The largest absolute Gasteiger partial charge is 0.491 e. The summed E-state index contributed by atoms with van der Waals surface area (Å²) >= 11 is 15.0. The van der Waals surface area contributed by atoms with Crippen LogP contribution in [-0.2, 0) is 0 Å². The zero-order chi connectivity index (χ0) is 15.0. The molecule has 0 aliphatic carbocycles. The lowest BCUT2D eigenvalue weighted by Gasteiger charge is -2.11. The van der Waals surface area contributed by atoms with Crippen LogP contribution in [-0.4, -0.2) is 19.1 Å². The third kappa shape index (κ3) is 3.13. The van der Waals surface area contributed by atoms with Crippen LogP contribution < -0.4 is 10.1 Å². The normalized spacial score (nSPS) is 15.7. The zero-order valence-electron chi connectivity index (χ0n) is 10.7. The van der Waals surface area contributed by atoms with Gasteiger partial charge in [-0.3, -0.25) is 4.79 Å². The molecule has 1 aromatic heterocycles. The average Bonchev–Trinajstić information content (AvgIpc) is 2.70. The standard InChI is InChI=1S/C14H10Br2ClNO2S/c15-9-6-11(21-13(9)16)12(17)7-1-2-10-8(5-7)14(19)18-3-4-20-10/h1-2,5-6,12H,3-4H2,(H,18,19). The molecule has 7 heteroatoms. The smallest absolute Gasteiger partial charge is 0.255 e. The van der Waals surface area contributed by atoms with Crippen molar-refractivity contribution in [3.63, 3.8) is 0 Å². The highest BCUT2D eigenvalue weighted by atomic mass is 79.9. The topological polar surface area (TPSA) is 38.3 Å². The lowest BCUT2D eigenvalue weighted by molar-refractivity contribution is 0.0957. The molecule has 1 aliphatic heterocycles. The maximum Gasteiger partial charge on any atom is 0.255 e. The highest BCUT2D eigenvalue weighted by Gasteiger charge is 2.21. The highest BCUT2D eigenvalue weighted by molar-refractivity contribution is 9.13. The van der Waals surface area contributed by atoms with E-state index in [1.165, 1.54) is 0 Å². The number of ether oxygens (including phenoxy) is 1. The van der Waals surface area contributed by atoms with Crippen LogP contribution in [0.3, 0.4) is 0 Å². The molecule has 2 heterocycles. The van der Waals surface area contributed by atoms with Crippen LogP contribution in [0, 0.1) is 0 Å². The molecule has 1 aromatic carbocycles. The maximum atomic E-state index is 12.0. The van der Waals surface area contributed by atoms with Crippen molar-refractivity contribution in [2.24, 2.45) is 0 Å². The molecule has 0 spiro atoms. The van der Waals surface area contributed by atoms with Crippen molar-refractivity contribution in [3.8, 4) is 5.75 Å². The van der Waals surface area contributed by atoms with Gasteiger partial charge in [0.1, 0.15) is 12.4 Å². The van der Waals surface area contributed by atoms with Crippen LogP contribution in [0.4, 0.5) is 0 Å². The second kappa shape index (κ2) is 6.28. The summed E-state index contributed by atoms with van der Waals surface area (Å²) in [5.74, 6) is 0.480. The lowest BCUT2D eigenvalue weighted by atomic mass is 10.1. The van der Waals surface area contributed by atoms with Gasteiger partial charge in [-0.05, 0) is 55.6 Å². The van der Waals surface area contributed by atoms with E-state index < -0.39 is 0 Å². The number of benzene rings is 1. The van der Waals surface area contributed by atoms with Crippen molar-refractivity contribution in [1.82, 2.24) is 5.32 Å². The van der Waals surface area contributed by atoms with Gasteiger partial charge in [-0.1, -0.05) is 6.07 Å². The molecular formula is C14H10Br2ClNO2S. The summed E-state index contributed by atoms with van der Waals surface area (Å²) in [6.45, 7) is 0.991. The molecule has 1 unspecified atom stereocenters. The third-order valence-electron chi connectivity index (χ3n) is 3.10. The molecule has 2 aromatic rings. The Morgan fingerprint density at radius 3 is 2.86 bits per heavy atom. The first-order chi connectivity index (χ1) is 10.1. The number of halogens is 3. The molecule has 3 rings (SSSR count). The minimum Gasteiger partial charge on any atom is -0.491 e. The Morgan fingerprint density at radius 2 is 2.14 bits per heavy atom. The van der Waals surface area contributed by atoms with E-state index in [1.54, 1.807) is 17.4 Å². The molecule has 1 N–H and O–H groups in total. The van der Waals surface area contributed by atoms with Gasteiger partial charge in [0.15, 0.2) is 0 Å². The van der Waals surface area contributed by atoms with Gasteiger partial charge < -0.3 is 10.1 Å². The monoisotopic (exact) mass is 449 g/mol. The van der Waals surface area contributed by atoms with Crippen molar-refractivity contribution in [2.75, 3.05) is 13.2 Å². The summed E-state index contributed by atoms with van der Waals surface area (Å²) in [5.41, 5.74) is 1.41. The molecule has 1 amide bonds. The summed E-state index contributed by atoms with van der Waals surface area (Å²) < 4.78 is 7.52. The predicted molar refractivity (Wildman–Crippen MR) is 91.7 cm³/mol. The number of carbonyl (C=O) groups excluding carboxylic acids is 1. The minimum atomic E-state index is -0.307. The van der Waals surface area contributed by atoms with Crippen LogP contribution in [0.25, 0.3) is 0 Å². The highest BCUT2D eigenvalue weighted by Crippen LogP contribution is 2.41. The maximum absolute atomic E-state index is 12.0. The predicted octanol–water partition coefficient (Wildman–Crippen LogP) is 4.72. The second-order valence-electron chi connectivity index (χ2n) is 4.49. The van der Waals surface area contributed by atoms with Gasteiger partial charge in [0, 0.05) is 9.35 Å². The van der Waals surface area contributed by atoms with Gasteiger partial charge in [-0.2, -0.15) is 0 Å². The molecule has 21 heavy (non-hydrogen) atoms.